The standard InChI is InChI=1S/C24H32N6O/c1-3-19-10-6-9-17-14-18(22(31)26-2)11-12-21(17)24(19,23-27-29-30-28-23)15-20(25)13-16-7-4-5-8-16/h3,10-12,14,16,20H,1,4-9,13,15,25H2,2H3,(H,26,31)(H,27,28,29,30). The van der Waals surface area contributed by atoms with Crippen LogP contribution in [0.2, 0.25) is 0 Å². The summed E-state index contributed by atoms with van der Waals surface area (Å²) in [6.07, 6.45) is 12.6. The molecule has 4 N–H and O–H groups in total. The molecule has 164 valence electrons. The third kappa shape index (κ3) is 4.06. The minimum atomic E-state index is -0.639. The third-order valence-electron chi connectivity index (χ3n) is 6.95. The van der Waals surface area contributed by atoms with Crippen molar-refractivity contribution in [2.24, 2.45) is 11.7 Å². The number of H-pyrrole nitrogens is 1. The molecule has 0 saturated heterocycles. The summed E-state index contributed by atoms with van der Waals surface area (Å²) in [7, 11) is 1.65. The van der Waals surface area contributed by atoms with Gasteiger partial charge in [-0.15, -0.1) is 10.2 Å². The first-order valence-electron chi connectivity index (χ1n) is 11.3. The molecule has 2 atom stereocenters. The number of aryl methyl sites for hydroxylation is 1. The molecular formula is C24H32N6O. The van der Waals surface area contributed by atoms with Crippen LogP contribution >= 0.6 is 0 Å². The highest BCUT2D eigenvalue weighted by Crippen LogP contribution is 2.46. The maximum Gasteiger partial charge on any atom is 0.251 e. The van der Waals surface area contributed by atoms with Crippen molar-refractivity contribution in [3.05, 3.63) is 65.0 Å². The van der Waals surface area contributed by atoms with Crippen LogP contribution in [0, 0.1) is 5.92 Å². The number of nitrogens with one attached hydrogen (secondary N) is 2. The maximum atomic E-state index is 12.3. The number of fused-ring (bicyclic) bond motifs is 1. The van der Waals surface area contributed by atoms with Crippen molar-refractivity contribution < 1.29 is 4.79 Å². The quantitative estimate of drug-likeness (QED) is 0.637. The number of hydrogen-bond donors (Lipinski definition) is 3. The Morgan fingerprint density at radius 1 is 1.42 bits per heavy atom. The van der Waals surface area contributed by atoms with E-state index in [1.165, 1.54) is 25.7 Å². The van der Waals surface area contributed by atoms with E-state index in [1.54, 1.807) is 7.05 Å². The second-order valence-corrected chi connectivity index (χ2v) is 8.84. The Balaban J connectivity index is 1.82. The number of amides is 1. The molecule has 1 amide bonds. The Kier molecular flexibility index (Phi) is 6.32. The number of allylic oxidation sites excluding steroid dienone is 3. The normalized spacial score (nSPS) is 22.3. The number of carbonyl (C=O) groups excluding carboxylic acids is 1. The third-order valence-corrected chi connectivity index (χ3v) is 6.95. The summed E-state index contributed by atoms with van der Waals surface area (Å²) in [5.74, 6) is 1.21. The van der Waals surface area contributed by atoms with Crippen LogP contribution in [0.15, 0.2) is 42.5 Å². The molecule has 0 radical (unpaired) electrons. The summed E-state index contributed by atoms with van der Waals surface area (Å²) >= 11 is 0. The molecule has 2 aromatic rings. The van der Waals surface area contributed by atoms with Crippen LogP contribution in [-0.2, 0) is 11.8 Å². The fourth-order valence-electron chi connectivity index (χ4n) is 5.54. The largest absolute Gasteiger partial charge is 0.355 e. The van der Waals surface area contributed by atoms with Crippen molar-refractivity contribution in [3.63, 3.8) is 0 Å². The molecule has 7 heteroatoms. The molecule has 0 spiro atoms. The molecule has 1 fully saturated rings. The van der Waals surface area contributed by atoms with Crippen LogP contribution in [0.4, 0.5) is 0 Å². The summed E-state index contributed by atoms with van der Waals surface area (Å²) in [6.45, 7) is 4.11. The second kappa shape index (κ2) is 9.14. The van der Waals surface area contributed by atoms with Gasteiger partial charge in [-0.3, -0.25) is 4.79 Å². The molecule has 4 rings (SSSR count). The number of aromatic nitrogens is 4. The van der Waals surface area contributed by atoms with E-state index >= 15 is 0 Å². The Bertz CT molecular complexity index is 960. The van der Waals surface area contributed by atoms with Crippen molar-refractivity contribution in [1.29, 1.82) is 0 Å². The zero-order valence-electron chi connectivity index (χ0n) is 18.2. The molecule has 2 unspecified atom stereocenters. The molecule has 1 aromatic heterocycles. The average molecular weight is 421 g/mol. The molecule has 31 heavy (non-hydrogen) atoms. The highest BCUT2D eigenvalue weighted by atomic mass is 16.1. The SMILES string of the molecule is C=CC1=CCCc2cc(C(=O)NC)ccc2C1(CC(N)CC1CCCC1)c1nn[nH]n1. The number of carbonyl (C=O) groups is 1. The van der Waals surface area contributed by atoms with Gasteiger partial charge in [0.25, 0.3) is 5.91 Å². The summed E-state index contributed by atoms with van der Waals surface area (Å²) in [4.78, 5) is 12.3. The van der Waals surface area contributed by atoms with Gasteiger partial charge in [0.1, 0.15) is 0 Å². The van der Waals surface area contributed by atoms with Gasteiger partial charge in [0, 0.05) is 18.7 Å². The predicted molar refractivity (Wildman–Crippen MR) is 121 cm³/mol. The number of aromatic amines is 1. The minimum Gasteiger partial charge on any atom is -0.355 e. The van der Waals surface area contributed by atoms with Gasteiger partial charge in [0.2, 0.25) is 0 Å². The molecule has 0 bridgehead atoms. The van der Waals surface area contributed by atoms with E-state index in [9.17, 15) is 4.79 Å². The average Bonchev–Trinajstić information content (AvgIpc) is 3.47. The lowest BCUT2D eigenvalue weighted by Gasteiger charge is -2.36. The lowest BCUT2D eigenvalue weighted by molar-refractivity contribution is 0.0963. The summed E-state index contributed by atoms with van der Waals surface area (Å²) in [5, 5.41) is 18.1. The van der Waals surface area contributed by atoms with Gasteiger partial charge in [-0.1, -0.05) is 55.7 Å². The smallest absolute Gasteiger partial charge is 0.251 e. The van der Waals surface area contributed by atoms with E-state index in [2.05, 4.69) is 38.6 Å². The first-order valence-corrected chi connectivity index (χ1v) is 11.3. The van der Waals surface area contributed by atoms with E-state index in [0.717, 1.165) is 36.0 Å². The fourth-order valence-corrected chi connectivity index (χ4v) is 5.54. The van der Waals surface area contributed by atoms with Crippen LogP contribution in [0.5, 0.6) is 0 Å². The molecule has 2 aliphatic rings. The Morgan fingerprint density at radius 3 is 2.90 bits per heavy atom. The number of hydrogen-bond acceptors (Lipinski definition) is 5. The van der Waals surface area contributed by atoms with E-state index in [4.69, 9.17) is 5.73 Å². The van der Waals surface area contributed by atoms with E-state index < -0.39 is 5.41 Å². The topological polar surface area (TPSA) is 110 Å². The molecule has 2 aliphatic carbocycles. The van der Waals surface area contributed by atoms with Gasteiger partial charge < -0.3 is 11.1 Å². The van der Waals surface area contributed by atoms with E-state index in [-0.39, 0.29) is 11.9 Å². The lowest BCUT2D eigenvalue weighted by Crippen LogP contribution is -2.39. The van der Waals surface area contributed by atoms with Gasteiger partial charge in [-0.2, -0.15) is 5.21 Å². The van der Waals surface area contributed by atoms with Gasteiger partial charge in [0.05, 0.1) is 5.41 Å². The van der Waals surface area contributed by atoms with E-state index in [1.807, 2.05) is 24.3 Å². The zero-order chi connectivity index (χ0) is 21.8. The van der Waals surface area contributed by atoms with Gasteiger partial charge in [-0.25, -0.2) is 0 Å². The zero-order valence-corrected chi connectivity index (χ0v) is 18.2. The first kappa shape index (κ1) is 21.4. The number of benzene rings is 1. The molecule has 1 heterocycles. The Labute approximate surface area is 183 Å². The van der Waals surface area contributed by atoms with E-state index in [0.29, 0.717) is 23.7 Å². The minimum absolute atomic E-state index is 0.00508. The fraction of sp³-hybridized carbons (Fsp3) is 0.500. The van der Waals surface area contributed by atoms with Crippen LogP contribution in [0.25, 0.3) is 0 Å². The summed E-state index contributed by atoms with van der Waals surface area (Å²) in [5.41, 5.74) is 10.1. The highest BCUT2D eigenvalue weighted by Gasteiger charge is 2.44. The lowest BCUT2D eigenvalue weighted by atomic mass is 9.67. The van der Waals surface area contributed by atoms with Crippen molar-refractivity contribution >= 4 is 5.91 Å². The second-order valence-electron chi connectivity index (χ2n) is 8.84. The Morgan fingerprint density at radius 2 is 2.23 bits per heavy atom. The highest BCUT2D eigenvalue weighted by molar-refractivity contribution is 5.94. The Hall–Kier alpha value is -2.80. The van der Waals surface area contributed by atoms with Crippen LogP contribution in [0.1, 0.15) is 72.3 Å². The molecule has 1 saturated carbocycles. The van der Waals surface area contributed by atoms with Crippen molar-refractivity contribution in [1.82, 2.24) is 25.9 Å². The van der Waals surface area contributed by atoms with Crippen LogP contribution in [0.3, 0.4) is 0 Å². The monoisotopic (exact) mass is 420 g/mol. The predicted octanol–water partition coefficient (Wildman–Crippen LogP) is 3.20. The van der Waals surface area contributed by atoms with Crippen molar-refractivity contribution in [2.45, 2.75) is 62.8 Å². The molecule has 0 aliphatic heterocycles. The number of nitrogens with two attached hydrogens (primary N) is 1. The molecular weight excluding hydrogens is 388 g/mol. The van der Waals surface area contributed by atoms with Crippen molar-refractivity contribution in [2.75, 3.05) is 7.05 Å². The van der Waals surface area contributed by atoms with Crippen molar-refractivity contribution in [3.8, 4) is 0 Å². The van der Waals surface area contributed by atoms with Gasteiger partial charge >= 0.3 is 0 Å². The van der Waals surface area contributed by atoms with Gasteiger partial charge in [0.15, 0.2) is 5.82 Å². The summed E-state index contributed by atoms with van der Waals surface area (Å²) in [6, 6.07) is 5.91. The van der Waals surface area contributed by atoms with Crippen LogP contribution in [-0.4, -0.2) is 39.6 Å². The summed E-state index contributed by atoms with van der Waals surface area (Å²) < 4.78 is 0. The van der Waals surface area contributed by atoms with Crippen LogP contribution < -0.4 is 11.1 Å². The number of nitrogens with zero attached hydrogens (tertiary/aromatic N) is 3. The first-order chi connectivity index (χ1) is 15.1. The molecule has 7 nitrogen and oxygen atoms in total. The number of rotatable bonds is 7. The maximum absolute atomic E-state index is 12.3. The number of tetrazole rings is 1. The van der Waals surface area contributed by atoms with Gasteiger partial charge in [-0.05, 0) is 60.4 Å². The molecule has 1 aromatic carbocycles.